The molecule has 0 N–H and O–H groups in total. The van der Waals surface area contributed by atoms with Crippen LogP contribution >= 0.6 is 11.3 Å². The summed E-state index contributed by atoms with van der Waals surface area (Å²) < 4.78 is 10.1. The second kappa shape index (κ2) is 15.5. The van der Waals surface area contributed by atoms with Crippen molar-refractivity contribution < 1.29 is 4.74 Å². The van der Waals surface area contributed by atoms with Gasteiger partial charge >= 0.3 is 0 Å². The van der Waals surface area contributed by atoms with Gasteiger partial charge in [0.1, 0.15) is 11.6 Å². The molecule has 1 aliphatic carbocycles. The molecule has 0 bridgehead atoms. The normalized spacial score (nSPS) is 16.4. The monoisotopic (exact) mass is 981 g/mol. The molecule has 5 aliphatic rings. The molecular weight excluding hydrogens is 920 g/mol. The summed E-state index contributed by atoms with van der Waals surface area (Å²) in [4.78, 5) is 18.9. The van der Waals surface area contributed by atoms with Crippen molar-refractivity contribution in [2.75, 3.05) is 14.7 Å². The first-order valence-electron chi connectivity index (χ1n) is 26.6. The van der Waals surface area contributed by atoms with Gasteiger partial charge in [0.25, 0.3) is 13.4 Å². The minimum Gasteiger partial charge on any atom is -0.440 e. The molecule has 0 unspecified atom stereocenters. The minimum atomic E-state index is -0.262. The molecule has 0 fully saturated rings. The van der Waals surface area contributed by atoms with Crippen LogP contribution in [0, 0.1) is 6.92 Å². The molecule has 0 spiro atoms. The van der Waals surface area contributed by atoms with Gasteiger partial charge in [-0.05, 0) is 124 Å². The zero-order valence-corrected chi connectivity index (χ0v) is 45.3. The second-order valence-electron chi connectivity index (χ2n) is 24.9. The molecule has 0 radical (unpaired) electrons. The lowest BCUT2D eigenvalue weighted by Crippen LogP contribution is -2.64. The first kappa shape index (κ1) is 45.5. The maximum absolute atomic E-state index is 7.49. The first-order valence-corrected chi connectivity index (χ1v) is 27.4. The van der Waals surface area contributed by atoms with Crippen molar-refractivity contribution in [1.29, 1.82) is 0 Å². The van der Waals surface area contributed by atoms with Crippen molar-refractivity contribution in [2.45, 2.75) is 111 Å². The minimum absolute atomic E-state index is 0.0346. The van der Waals surface area contributed by atoms with E-state index in [0.717, 1.165) is 63.2 Å². The van der Waals surface area contributed by atoms with Crippen LogP contribution in [-0.4, -0.2) is 23.4 Å². The average molecular weight is 982 g/mol. The summed E-state index contributed by atoms with van der Waals surface area (Å²) in [6.45, 7) is 25.4. The quantitative estimate of drug-likeness (QED) is 0.164. The van der Waals surface area contributed by atoms with Crippen molar-refractivity contribution in [3.05, 3.63) is 174 Å². The van der Waals surface area contributed by atoms with Gasteiger partial charge in [0.2, 0.25) is 5.88 Å². The van der Waals surface area contributed by atoms with Crippen LogP contribution in [0.3, 0.4) is 0 Å². The molecule has 0 atom stereocenters. The highest BCUT2D eigenvalue weighted by atomic mass is 32.1. The molecule has 6 aromatic carbocycles. The predicted octanol–water partition coefficient (Wildman–Crippen LogP) is 13.4. The molecule has 6 nitrogen and oxygen atoms in total. The first-order chi connectivity index (χ1) is 35.4. The summed E-state index contributed by atoms with van der Waals surface area (Å²) in [5.74, 6) is 2.52. The zero-order valence-electron chi connectivity index (χ0n) is 44.5. The van der Waals surface area contributed by atoms with Crippen LogP contribution in [-0.2, 0) is 21.7 Å². The van der Waals surface area contributed by atoms with Crippen molar-refractivity contribution in [2.24, 2.45) is 0 Å². The largest absolute Gasteiger partial charge is 0.440 e. The van der Waals surface area contributed by atoms with Crippen LogP contribution in [0.5, 0.6) is 11.6 Å². The number of nitrogens with zero attached hydrogens (tertiary/aromatic N) is 5. The number of aromatic nitrogens is 2. The van der Waals surface area contributed by atoms with Gasteiger partial charge < -0.3 is 14.5 Å². The SMILES string of the molecule is Cc1c2c(cc3c1N(c1ccccc1)c1nc(C(C)(C)C)cc4c1B3c1sc3ccccc3c1N4c1ccc3c(c1)C(C)(C)CCC3(C)C)B1c3ccccc3N(c3ccccc3)c3cc(C(C)(C)C)nc(c31)O2. The molecule has 0 saturated carbocycles. The number of hydrogen-bond acceptors (Lipinski definition) is 7. The standard InChI is InChI=1S/C65H61B2N5OS/c1-38-56-46(35-47-58(38)73-61-55-50(37-53(69-61)63(5,6)7)70(39-22-14-12-15-23-39)48-28-20-19-27-45(48)66(47)55)67-54-49(36-52(62(2,3)4)68-60(54)72(56)40-24-16-13-17-25-40)71(57-42-26-18-21-29-51(42)74-59(57)67)41-30-31-43-44(34-41)65(10,11)33-32-64(43,8)9/h12-31,34-37H,32-33H2,1-11H3. The smallest absolute Gasteiger partial charge is 0.266 e. The van der Waals surface area contributed by atoms with E-state index in [1.165, 1.54) is 77.0 Å². The lowest BCUT2D eigenvalue weighted by atomic mass is 9.31. The van der Waals surface area contributed by atoms with Gasteiger partial charge in [0, 0.05) is 76.5 Å². The Kier molecular flexibility index (Phi) is 9.53. The van der Waals surface area contributed by atoms with Crippen LogP contribution in [0.25, 0.3) is 10.1 Å². The maximum atomic E-state index is 7.49. The van der Waals surface area contributed by atoms with Crippen LogP contribution in [0.15, 0.2) is 146 Å². The maximum Gasteiger partial charge on any atom is 0.266 e. The van der Waals surface area contributed by atoms with E-state index in [1.54, 1.807) is 0 Å². The van der Waals surface area contributed by atoms with Gasteiger partial charge in [0.05, 0.1) is 17.1 Å². The number of hydrogen-bond donors (Lipinski definition) is 0. The Morgan fingerprint density at radius 3 is 1.84 bits per heavy atom. The van der Waals surface area contributed by atoms with Crippen molar-refractivity contribution in [1.82, 2.24) is 9.97 Å². The van der Waals surface area contributed by atoms with Crippen LogP contribution in [0.2, 0.25) is 0 Å². The highest BCUT2D eigenvalue weighted by Crippen LogP contribution is 2.53. The van der Waals surface area contributed by atoms with Gasteiger partial charge in [-0.3, -0.25) is 4.90 Å². The van der Waals surface area contributed by atoms with E-state index in [2.05, 4.69) is 236 Å². The predicted molar refractivity (Wildman–Crippen MR) is 315 cm³/mol. The third-order valence-electron chi connectivity index (χ3n) is 17.1. The number of thiophene rings is 1. The Morgan fingerprint density at radius 2 is 1.14 bits per heavy atom. The summed E-state index contributed by atoms with van der Waals surface area (Å²) in [7, 11) is 0. The van der Waals surface area contributed by atoms with E-state index in [1.807, 2.05) is 11.3 Å². The summed E-state index contributed by atoms with van der Waals surface area (Å²) in [6, 6.07) is 54.5. The highest BCUT2D eigenvalue weighted by molar-refractivity contribution is 7.33. The number of anilines is 9. The van der Waals surface area contributed by atoms with Gasteiger partial charge in [-0.1, -0.05) is 154 Å². The summed E-state index contributed by atoms with van der Waals surface area (Å²) >= 11 is 1.94. The van der Waals surface area contributed by atoms with Crippen molar-refractivity contribution in [3.8, 4) is 11.6 Å². The average Bonchev–Trinajstić information content (AvgIpc) is 3.80. The van der Waals surface area contributed by atoms with E-state index >= 15 is 0 Å². The number of benzene rings is 6. The molecule has 9 aromatic rings. The molecular formula is C65H61B2N5OS. The van der Waals surface area contributed by atoms with Gasteiger partial charge in [-0.25, -0.2) is 9.97 Å². The van der Waals surface area contributed by atoms with Gasteiger partial charge in [-0.15, -0.1) is 11.3 Å². The van der Waals surface area contributed by atoms with E-state index < -0.39 is 0 Å². The Balaban J connectivity index is 1.09. The lowest BCUT2D eigenvalue weighted by molar-refractivity contribution is 0.332. The zero-order chi connectivity index (χ0) is 51.0. The van der Waals surface area contributed by atoms with Crippen LogP contribution in [0.4, 0.5) is 51.3 Å². The molecule has 0 saturated heterocycles. The fourth-order valence-electron chi connectivity index (χ4n) is 13.1. The fourth-order valence-corrected chi connectivity index (χ4v) is 14.4. The molecule has 7 heterocycles. The third kappa shape index (κ3) is 6.44. The molecule has 3 aromatic heterocycles. The summed E-state index contributed by atoms with van der Waals surface area (Å²) in [6.07, 6.45) is 2.32. The Morgan fingerprint density at radius 1 is 0.527 bits per heavy atom. The lowest BCUT2D eigenvalue weighted by Gasteiger charge is -2.46. The number of fused-ring (bicyclic) bond motifs is 11. The number of pyridine rings is 2. The van der Waals surface area contributed by atoms with E-state index in [4.69, 9.17) is 14.7 Å². The van der Waals surface area contributed by atoms with Crippen LogP contribution in [0.1, 0.15) is 110 Å². The fraction of sp³-hybridized carbons (Fsp3) is 0.262. The molecule has 364 valence electrons. The molecule has 9 heteroatoms. The van der Waals surface area contributed by atoms with E-state index in [0.29, 0.717) is 5.88 Å². The van der Waals surface area contributed by atoms with Crippen LogP contribution < -0.4 is 51.5 Å². The molecule has 0 amide bonds. The van der Waals surface area contributed by atoms with E-state index in [9.17, 15) is 0 Å². The van der Waals surface area contributed by atoms with E-state index in [-0.39, 0.29) is 35.1 Å². The highest BCUT2D eigenvalue weighted by Gasteiger charge is 2.51. The number of rotatable bonds is 3. The molecule has 4 aliphatic heterocycles. The Bertz CT molecular complexity index is 3850. The van der Waals surface area contributed by atoms with Crippen molar-refractivity contribution >= 4 is 118 Å². The molecule has 74 heavy (non-hydrogen) atoms. The second-order valence-corrected chi connectivity index (χ2v) is 26.0. The van der Waals surface area contributed by atoms with Crippen molar-refractivity contribution in [3.63, 3.8) is 0 Å². The number of ether oxygens (including phenoxy) is 1. The third-order valence-corrected chi connectivity index (χ3v) is 18.3. The Labute approximate surface area is 441 Å². The molecule has 14 rings (SSSR count). The van der Waals surface area contributed by atoms with Gasteiger partial charge in [-0.2, -0.15) is 0 Å². The Hall–Kier alpha value is -7.09. The van der Waals surface area contributed by atoms with Gasteiger partial charge in [0.15, 0.2) is 0 Å². The summed E-state index contributed by atoms with van der Waals surface area (Å²) in [5, 5.41) is 1.28. The summed E-state index contributed by atoms with van der Waals surface area (Å²) in [5.41, 5.74) is 20.9. The topological polar surface area (TPSA) is 44.7 Å². The number of para-hydroxylation sites is 3.